The summed E-state index contributed by atoms with van der Waals surface area (Å²) in [4.78, 5) is 29.8. The molecule has 0 bridgehead atoms. The van der Waals surface area contributed by atoms with Gasteiger partial charge in [-0.2, -0.15) is 9.97 Å². The summed E-state index contributed by atoms with van der Waals surface area (Å²) in [5.74, 6) is -0.216. The average Bonchev–Trinajstić information content (AvgIpc) is 3.59. The average molecular weight is 863 g/mol. The Hall–Kier alpha value is -4.68. The van der Waals surface area contributed by atoms with Crippen molar-refractivity contribution in [3.05, 3.63) is 47.4 Å². The van der Waals surface area contributed by atoms with Gasteiger partial charge in [0.1, 0.15) is 43.5 Å². The zero-order valence-electron chi connectivity index (χ0n) is 36.8. The Morgan fingerprint density at radius 1 is 0.967 bits per heavy atom. The lowest BCUT2D eigenvalue weighted by Crippen LogP contribution is -2.49. The van der Waals surface area contributed by atoms with Gasteiger partial charge in [0.15, 0.2) is 23.2 Å². The zero-order valence-corrected chi connectivity index (χ0v) is 37.8. The highest BCUT2D eigenvalue weighted by molar-refractivity contribution is 6.90. The maximum atomic E-state index is 17.6. The van der Waals surface area contributed by atoms with E-state index in [2.05, 4.69) is 67.9 Å². The van der Waals surface area contributed by atoms with Crippen molar-refractivity contribution in [1.82, 2.24) is 24.9 Å². The molecular formula is C46H58F4N6O4Si. The number of anilines is 1. The molecule has 1 amide bonds. The number of phenolic OH excluding ortho intramolecular Hbond substituents is 1. The highest BCUT2D eigenvalue weighted by atomic mass is 28.3. The maximum Gasteiger partial charge on any atom is 0.429 e. The van der Waals surface area contributed by atoms with Crippen LogP contribution < -0.4 is 9.75 Å². The van der Waals surface area contributed by atoms with Gasteiger partial charge < -0.3 is 14.6 Å². The molecule has 2 atom stereocenters. The van der Waals surface area contributed by atoms with Crippen LogP contribution in [0.2, 0.25) is 16.6 Å². The van der Waals surface area contributed by atoms with Crippen LogP contribution in [0.1, 0.15) is 106 Å². The van der Waals surface area contributed by atoms with Gasteiger partial charge in [0.25, 0.3) is 0 Å². The normalized spacial score (nSPS) is 20.2. The largest absolute Gasteiger partial charge is 0.505 e. The molecule has 0 saturated carbocycles. The second-order valence-electron chi connectivity index (χ2n) is 18.9. The van der Waals surface area contributed by atoms with Crippen molar-refractivity contribution in [1.29, 1.82) is 0 Å². The van der Waals surface area contributed by atoms with Crippen molar-refractivity contribution in [3.63, 3.8) is 0 Å². The molecule has 4 aromatic rings. The molecule has 3 fully saturated rings. The van der Waals surface area contributed by atoms with Crippen molar-refractivity contribution in [2.24, 2.45) is 0 Å². The molecule has 0 spiro atoms. The number of hydrogen-bond donors (Lipinski definition) is 1. The van der Waals surface area contributed by atoms with E-state index in [0.29, 0.717) is 38.9 Å². The van der Waals surface area contributed by atoms with Crippen LogP contribution in [0, 0.1) is 28.9 Å². The van der Waals surface area contributed by atoms with E-state index in [1.54, 1.807) is 25.8 Å². The van der Waals surface area contributed by atoms with Crippen LogP contribution in [-0.2, 0) is 4.74 Å². The molecule has 3 saturated heterocycles. The number of ether oxygens (including phenoxy) is 2. The van der Waals surface area contributed by atoms with Gasteiger partial charge in [0.05, 0.1) is 16.5 Å². The first-order valence-corrected chi connectivity index (χ1v) is 23.8. The van der Waals surface area contributed by atoms with Crippen LogP contribution in [0.3, 0.4) is 0 Å². The molecule has 61 heavy (non-hydrogen) atoms. The van der Waals surface area contributed by atoms with E-state index < -0.39 is 54.7 Å². The van der Waals surface area contributed by atoms with Gasteiger partial charge >= 0.3 is 12.1 Å². The fourth-order valence-electron chi connectivity index (χ4n) is 10.1. The van der Waals surface area contributed by atoms with Crippen molar-refractivity contribution < 1.29 is 36.9 Å². The number of nitrogens with zero attached hydrogens (tertiary/aromatic N) is 6. The molecule has 0 unspecified atom stereocenters. The lowest BCUT2D eigenvalue weighted by molar-refractivity contribution is 0.0232. The molecule has 5 heterocycles. The van der Waals surface area contributed by atoms with Crippen molar-refractivity contribution in [2.45, 2.75) is 135 Å². The van der Waals surface area contributed by atoms with Gasteiger partial charge in [-0.15, -0.1) is 5.54 Å². The summed E-state index contributed by atoms with van der Waals surface area (Å²) in [6, 6.07) is 3.15. The van der Waals surface area contributed by atoms with E-state index in [9.17, 15) is 14.3 Å². The van der Waals surface area contributed by atoms with Crippen molar-refractivity contribution >= 4 is 41.7 Å². The summed E-state index contributed by atoms with van der Waals surface area (Å²) in [7, 11) is -2.44. The first kappa shape index (κ1) is 44.4. The number of pyridine rings is 1. The monoisotopic (exact) mass is 862 g/mol. The van der Waals surface area contributed by atoms with Crippen LogP contribution in [0.15, 0.2) is 24.4 Å². The second kappa shape index (κ2) is 16.9. The Bertz CT molecular complexity index is 2380. The maximum absolute atomic E-state index is 17.6. The van der Waals surface area contributed by atoms with Crippen molar-refractivity contribution in [2.75, 3.05) is 37.8 Å². The highest BCUT2D eigenvalue weighted by Gasteiger charge is 2.49. The molecule has 3 aliphatic rings. The minimum atomic E-state index is -2.44. The van der Waals surface area contributed by atoms with Crippen LogP contribution in [0.5, 0.6) is 11.8 Å². The lowest BCUT2D eigenvalue weighted by atomic mass is 9.95. The number of aromatic nitrogens is 3. The molecule has 10 nitrogen and oxygen atoms in total. The minimum Gasteiger partial charge on any atom is -0.505 e. The number of alkyl halides is 1. The Kier molecular flexibility index (Phi) is 12.3. The molecule has 2 aromatic carbocycles. The number of phenols is 1. The third-order valence-electron chi connectivity index (χ3n) is 12.9. The van der Waals surface area contributed by atoms with Gasteiger partial charge in [0, 0.05) is 48.6 Å². The van der Waals surface area contributed by atoms with E-state index in [4.69, 9.17) is 14.5 Å². The number of hydrogen-bond acceptors (Lipinski definition) is 9. The predicted molar refractivity (Wildman–Crippen MR) is 232 cm³/mol. The zero-order chi connectivity index (χ0) is 44.2. The van der Waals surface area contributed by atoms with Crippen LogP contribution in [0.4, 0.5) is 28.2 Å². The Balaban J connectivity index is 1.45. The van der Waals surface area contributed by atoms with E-state index >= 15 is 13.2 Å². The molecule has 0 radical (unpaired) electrons. The number of hydrazine groups is 1. The van der Waals surface area contributed by atoms with Crippen molar-refractivity contribution in [3.8, 4) is 34.5 Å². The van der Waals surface area contributed by atoms with Gasteiger partial charge in [0.2, 0.25) is 0 Å². The standard InChI is InChI=1S/C46H58F4N6O4Si/c1-27(2)61(28(3)4,29(5)6)21-16-31-35(48)15-14-32-37(31)33(22-36(57)38(32)49)40-39(50)41-34(24-51-40)42(55-19-11-10-12-20-56(55)44(58)60-45(7,8)9)53-43(52-41)59-26-46-17-13-18-54(46)25-30(47)23-46/h14-15,22,24,27-30,57H,10-13,17-20,23,25-26H2,1-9H3/t30-,46+/m1/s1. The van der Waals surface area contributed by atoms with Gasteiger partial charge in [-0.05, 0) is 94.2 Å². The molecule has 15 heteroatoms. The third-order valence-corrected chi connectivity index (χ3v) is 19.2. The number of halogens is 4. The number of fused-ring (bicyclic) bond motifs is 3. The predicted octanol–water partition coefficient (Wildman–Crippen LogP) is 10.6. The van der Waals surface area contributed by atoms with Crippen LogP contribution in [0.25, 0.3) is 32.9 Å². The molecular weight excluding hydrogens is 805 g/mol. The SMILES string of the molecule is CC(C)[Si](C#Cc1c(F)ccc2c(F)c(O)cc(-c3ncc4c(N5CCCCCN5C(=O)OC(C)(C)C)nc(OC[C@@]56CCCN5C[C@H](F)C6)nc4c3F)c12)(C(C)C)C(C)C. The topological polar surface area (TPSA) is 104 Å². The fourth-order valence-corrected chi connectivity index (χ4v) is 15.4. The second-order valence-corrected chi connectivity index (χ2v) is 24.5. The molecule has 328 valence electrons. The summed E-state index contributed by atoms with van der Waals surface area (Å²) < 4.78 is 76.6. The quantitative estimate of drug-likeness (QED) is 0.105. The number of amides is 1. The number of carbonyl (C=O) groups is 1. The van der Waals surface area contributed by atoms with Crippen LogP contribution in [-0.4, -0.2) is 94.2 Å². The number of rotatable bonds is 8. The molecule has 7 rings (SSSR count). The summed E-state index contributed by atoms with van der Waals surface area (Å²) in [5, 5.41) is 14.0. The lowest BCUT2D eigenvalue weighted by Gasteiger charge is -2.38. The van der Waals surface area contributed by atoms with Gasteiger partial charge in [-0.25, -0.2) is 27.4 Å². The molecule has 0 aliphatic carbocycles. The number of benzene rings is 2. The van der Waals surface area contributed by atoms with Gasteiger partial charge in [-0.3, -0.25) is 14.9 Å². The first-order valence-electron chi connectivity index (χ1n) is 21.6. The Morgan fingerprint density at radius 3 is 2.36 bits per heavy atom. The van der Waals surface area contributed by atoms with Gasteiger partial charge in [-0.1, -0.05) is 47.5 Å². The first-order chi connectivity index (χ1) is 28.8. The summed E-state index contributed by atoms with van der Waals surface area (Å²) >= 11 is 0. The van der Waals surface area contributed by atoms with E-state index in [1.165, 1.54) is 17.3 Å². The summed E-state index contributed by atoms with van der Waals surface area (Å²) in [5.41, 5.74) is 1.98. The molecule has 2 aromatic heterocycles. The molecule has 1 N–H and O–H groups in total. The van der Waals surface area contributed by atoms with E-state index in [1.807, 2.05) is 0 Å². The Labute approximate surface area is 357 Å². The van der Waals surface area contributed by atoms with E-state index in [-0.39, 0.29) is 80.0 Å². The Morgan fingerprint density at radius 2 is 1.67 bits per heavy atom. The highest BCUT2D eigenvalue weighted by Crippen LogP contribution is 2.44. The number of carbonyl (C=O) groups excluding carboxylic acids is 1. The van der Waals surface area contributed by atoms with Crippen LogP contribution >= 0.6 is 0 Å². The van der Waals surface area contributed by atoms with E-state index in [0.717, 1.165) is 31.5 Å². The number of aromatic hydroxyl groups is 1. The summed E-state index contributed by atoms with van der Waals surface area (Å²) in [6.45, 7) is 19.8. The minimum absolute atomic E-state index is 0.0375. The third kappa shape index (κ3) is 8.22. The fraction of sp³-hybridized carbons (Fsp3) is 0.565. The molecule has 3 aliphatic heterocycles. The summed E-state index contributed by atoms with van der Waals surface area (Å²) in [6.07, 6.45) is 3.77. The smallest absolute Gasteiger partial charge is 0.429 e.